The van der Waals surface area contributed by atoms with E-state index in [0.29, 0.717) is 19.3 Å². The number of aliphatic hydroxyl groups is 2. The van der Waals surface area contributed by atoms with E-state index in [4.69, 9.17) is 23.7 Å². The molecule has 3 N–H and O–H groups in total. The van der Waals surface area contributed by atoms with Crippen molar-refractivity contribution in [1.82, 2.24) is 0 Å². The Labute approximate surface area is 429 Å². The lowest BCUT2D eigenvalue weighted by Gasteiger charge is -2.40. The third-order valence-corrected chi connectivity index (χ3v) is 11.9. The maximum atomic E-state index is 13.1. The number of allylic oxidation sites excluding steroid dienone is 14. The van der Waals surface area contributed by atoms with Crippen molar-refractivity contribution in [3.8, 4) is 0 Å². The fourth-order valence-corrected chi connectivity index (χ4v) is 7.74. The average molecular weight is 997 g/mol. The Kier molecular flexibility index (Phi) is 42.9. The number of carboxylic acids is 1. The summed E-state index contributed by atoms with van der Waals surface area (Å²) in [4.78, 5) is 50.9. The number of ether oxygens (including phenoxy) is 5. The lowest BCUT2D eigenvalue weighted by molar-refractivity contribution is -0.301. The van der Waals surface area contributed by atoms with Gasteiger partial charge in [0.25, 0.3) is 0 Å². The van der Waals surface area contributed by atoms with Crippen LogP contribution in [0.3, 0.4) is 0 Å². The highest BCUT2D eigenvalue weighted by Crippen LogP contribution is 2.26. The molecule has 404 valence electrons. The maximum absolute atomic E-state index is 13.1. The smallest absolute Gasteiger partial charge is 0.335 e. The van der Waals surface area contributed by atoms with Gasteiger partial charge in [0.05, 0.1) is 6.61 Å². The first-order valence-electron chi connectivity index (χ1n) is 27.6. The van der Waals surface area contributed by atoms with E-state index >= 15 is 0 Å². The molecule has 1 rings (SSSR count). The predicted octanol–water partition coefficient (Wildman–Crippen LogP) is 13.6. The number of carbonyl (C=O) groups is 4. The Hall–Kier alpha value is -4.10. The average Bonchev–Trinajstić information content (AvgIpc) is 3.35. The summed E-state index contributed by atoms with van der Waals surface area (Å²) in [6.45, 7) is 5.69. The predicted molar refractivity (Wildman–Crippen MR) is 284 cm³/mol. The van der Waals surface area contributed by atoms with Crippen LogP contribution in [0.2, 0.25) is 0 Å². The number of carboxylic acid groups (broad SMARTS) is 1. The summed E-state index contributed by atoms with van der Waals surface area (Å²) in [5, 5.41) is 31.4. The number of carbonyl (C=O) groups excluding carboxylic acids is 3. The largest absolute Gasteiger partial charge is 0.479 e. The number of hydrogen-bond acceptors (Lipinski definition) is 11. The fourth-order valence-electron chi connectivity index (χ4n) is 7.74. The topological polar surface area (TPSA) is 175 Å². The number of rotatable bonds is 45. The van der Waals surface area contributed by atoms with Gasteiger partial charge in [-0.3, -0.25) is 14.4 Å². The molecule has 0 bridgehead atoms. The van der Waals surface area contributed by atoms with Crippen LogP contribution in [0.1, 0.15) is 213 Å². The van der Waals surface area contributed by atoms with Gasteiger partial charge in [-0.15, -0.1) is 0 Å². The van der Waals surface area contributed by atoms with Crippen LogP contribution in [0.25, 0.3) is 0 Å². The van der Waals surface area contributed by atoms with E-state index in [2.05, 4.69) is 106 Å². The van der Waals surface area contributed by atoms with Gasteiger partial charge in [0, 0.05) is 19.3 Å². The van der Waals surface area contributed by atoms with Crippen molar-refractivity contribution in [1.29, 1.82) is 0 Å². The molecule has 0 aromatic carbocycles. The zero-order chi connectivity index (χ0) is 51.8. The first-order valence-corrected chi connectivity index (χ1v) is 27.6. The molecule has 1 aliphatic rings. The highest BCUT2D eigenvalue weighted by molar-refractivity contribution is 5.74. The Morgan fingerprint density at radius 2 is 0.887 bits per heavy atom. The van der Waals surface area contributed by atoms with Crippen LogP contribution in [-0.4, -0.2) is 89.2 Å². The third-order valence-electron chi connectivity index (χ3n) is 11.9. The summed E-state index contributed by atoms with van der Waals surface area (Å²) in [7, 11) is 0. The zero-order valence-electron chi connectivity index (χ0n) is 44.2. The lowest BCUT2D eigenvalue weighted by atomic mass is 9.98. The molecule has 1 aliphatic heterocycles. The molecular weight excluding hydrogens is 901 g/mol. The molecule has 0 amide bonds. The maximum Gasteiger partial charge on any atom is 0.335 e. The number of aliphatic hydroxyl groups excluding tert-OH is 2. The number of aliphatic carboxylic acids is 1. The van der Waals surface area contributed by atoms with Gasteiger partial charge < -0.3 is 39.0 Å². The Morgan fingerprint density at radius 1 is 0.479 bits per heavy atom. The van der Waals surface area contributed by atoms with Crippen LogP contribution in [0.4, 0.5) is 0 Å². The van der Waals surface area contributed by atoms with Crippen molar-refractivity contribution >= 4 is 23.9 Å². The Balaban J connectivity index is 2.75. The van der Waals surface area contributed by atoms with E-state index < -0.39 is 67.3 Å². The Morgan fingerprint density at radius 3 is 1.38 bits per heavy atom. The quantitative estimate of drug-likeness (QED) is 0.0228. The summed E-state index contributed by atoms with van der Waals surface area (Å²) >= 11 is 0. The second-order valence-electron chi connectivity index (χ2n) is 18.4. The lowest BCUT2D eigenvalue weighted by Crippen LogP contribution is -2.61. The van der Waals surface area contributed by atoms with E-state index in [0.717, 1.165) is 128 Å². The van der Waals surface area contributed by atoms with Crippen molar-refractivity contribution in [2.24, 2.45) is 0 Å². The normalized spacial score (nSPS) is 19.1. The summed E-state index contributed by atoms with van der Waals surface area (Å²) in [5.41, 5.74) is 0. The molecule has 6 unspecified atom stereocenters. The van der Waals surface area contributed by atoms with Gasteiger partial charge in [0.1, 0.15) is 18.8 Å². The summed E-state index contributed by atoms with van der Waals surface area (Å²) in [5.74, 6) is -3.20. The zero-order valence-corrected chi connectivity index (χ0v) is 44.2. The molecule has 6 atom stereocenters. The van der Waals surface area contributed by atoms with Crippen LogP contribution in [0, 0.1) is 0 Å². The summed E-state index contributed by atoms with van der Waals surface area (Å²) in [6, 6.07) is 0. The first kappa shape index (κ1) is 64.9. The molecule has 12 heteroatoms. The van der Waals surface area contributed by atoms with Gasteiger partial charge in [0.15, 0.2) is 24.6 Å². The highest BCUT2D eigenvalue weighted by Gasteiger charge is 2.50. The minimum Gasteiger partial charge on any atom is -0.479 e. The van der Waals surface area contributed by atoms with E-state index in [1.54, 1.807) is 0 Å². The highest BCUT2D eigenvalue weighted by atomic mass is 16.7. The van der Waals surface area contributed by atoms with Gasteiger partial charge in [-0.2, -0.15) is 0 Å². The van der Waals surface area contributed by atoms with Crippen molar-refractivity contribution in [2.75, 3.05) is 13.2 Å². The van der Waals surface area contributed by atoms with Gasteiger partial charge >= 0.3 is 23.9 Å². The second kappa shape index (κ2) is 46.9. The van der Waals surface area contributed by atoms with Crippen LogP contribution in [0.15, 0.2) is 85.1 Å². The van der Waals surface area contributed by atoms with Gasteiger partial charge in [-0.25, -0.2) is 4.79 Å². The third kappa shape index (κ3) is 37.3. The number of unbranched alkanes of at least 4 members (excludes halogenated alkanes) is 17. The minimum absolute atomic E-state index is 0.0196. The SMILES string of the molecule is CC/C=C\C/C=C\C/C=C\CCCCCCCC(=O)OCC(COC1OC(C(=O)O)C(O)C(O)C1OC(=O)CCCCC/C=C\C/C=C\C/C=C\CC)OC(=O)CCCCCCC/C=C\CCCCCC. The van der Waals surface area contributed by atoms with Crippen LogP contribution in [-0.2, 0) is 42.9 Å². The second-order valence-corrected chi connectivity index (χ2v) is 18.4. The van der Waals surface area contributed by atoms with Gasteiger partial charge in [-0.1, -0.05) is 170 Å². The van der Waals surface area contributed by atoms with E-state index in [9.17, 15) is 34.5 Å². The van der Waals surface area contributed by atoms with Crippen molar-refractivity contribution in [2.45, 2.75) is 250 Å². The molecule has 0 aliphatic carbocycles. The Bertz CT molecular complexity index is 1560. The van der Waals surface area contributed by atoms with Gasteiger partial charge in [-0.05, 0) is 109 Å². The molecule has 1 saturated heterocycles. The molecule has 12 nitrogen and oxygen atoms in total. The molecule has 0 spiro atoms. The monoisotopic (exact) mass is 997 g/mol. The molecule has 0 aromatic heterocycles. The molecule has 0 radical (unpaired) electrons. The number of hydrogen-bond donors (Lipinski definition) is 3. The van der Waals surface area contributed by atoms with Crippen molar-refractivity contribution < 1.29 is 58.2 Å². The molecule has 1 heterocycles. The standard InChI is InChI=1S/C59H96O12/c1-4-7-10-13-16-19-22-25-26-29-30-33-36-39-42-45-51(60)67-48-50(69-52(61)46-43-40-37-34-31-27-23-20-17-14-11-8-5-2)49-68-59-57(55(64)54(63)56(71-59)58(65)66)70-53(62)47-44-41-38-35-32-28-24-21-18-15-12-9-6-3/h7,9-10,12,16,18-21,23,25-26,28,32,50,54-57,59,63-64H,4-6,8,11,13-15,17,22,24,27,29-31,33-49H2,1-3H3,(H,65,66)/b10-7-,12-9-,19-16-,21-18-,23-20-,26-25-,32-28-. The van der Waals surface area contributed by atoms with Crippen LogP contribution in [0.5, 0.6) is 0 Å². The van der Waals surface area contributed by atoms with Crippen LogP contribution < -0.4 is 0 Å². The van der Waals surface area contributed by atoms with E-state index in [1.807, 2.05) is 0 Å². The van der Waals surface area contributed by atoms with E-state index in [-0.39, 0.29) is 25.9 Å². The van der Waals surface area contributed by atoms with Crippen molar-refractivity contribution in [3.05, 3.63) is 85.1 Å². The molecule has 0 aromatic rings. The minimum atomic E-state index is -1.92. The number of esters is 3. The molecule has 1 fully saturated rings. The van der Waals surface area contributed by atoms with E-state index in [1.165, 1.54) is 25.7 Å². The van der Waals surface area contributed by atoms with Gasteiger partial charge in [0.2, 0.25) is 0 Å². The molecular formula is C59H96O12. The fraction of sp³-hybridized carbons (Fsp3) is 0.695. The first-order chi connectivity index (χ1) is 34.6. The molecule has 0 saturated carbocycles. The molecule has 71 heavy (non-hydrogen) atoms. The van der Waals surface area contributed by atoms with Crippen molar-refractivity contribution in [3.63, 3.8) is 0 Å². The summed E-state index contributed by atoms with van der Waals surface area (Å²) < 4.78 is 28.3. The summed E-state index contributed by atoms with van der Waals surface area (Å²) in [6.07, 6.45) is 47.1. The van der Waals surface area contributed by atoms with Crippen LogP contribution >= 0.6 is 0 Å².